The van der Waals surface area contributed by atoms with Gasteiger partial charge in [0.1, 0.15) is 0 Å². The Balaban J connectivity index is 1.58. The monoisotopic (exact) mass is 262 g/mol. The Morgan fingerprint density at radius 3 is 3.17 bits per heavy atom. The SMILES string of the molecule is c1cc2c(cc1CCC1CCCNC1)NCCS2. The molecule has 2 heterocycles. The Hall–Kier alpha value is -0.670. The number of fused-ring (bicyclic) bond motifs is 1. The van der Waals surface area contributed by atoms with Gasteiger partial charge in [0.25, 0.3) is 0 Å². The summed E-state index contributed by atoms with van der Waals surface area (Å²) in [5.74, 6) is 2.08. The minimum absolute atomic E-state index is 0.886. The summed E-state index contributed by atoms with van der Waals surface area (Å²) in [6.45, 7) is 3.54. The predicted octanol–water partition coefficient (Wildman–Crippen LogP) is 3.14. The van der Waals surface area contributed by atoms with E-state index in [1.54, 1.807) is 0 Å². The highest BCUT2D eigenvalue weighted by Gasteiger charge is 2.14. The fourth-order valence-corrected chi connectivity index (χ4v) is 3.76. The Bertz CT molecular complexity index is 399. The second-order valence-corrected chi connectivity index (χ2v) is 6.49. The molecule has 3 heteroatoms. The van der Waals surface area contributed by atoms with Gasteiger partial charge in [0, 0.05) is 22.9 Å². The number of thioether (sulfide) groups is 1. The first-order chi connectivity index (χ1) is 8.92. The average molecular weight is 262 g/mol. The number of nitrogens with one attached hydrogen (secondary N) is 2. The lowest BCUT2D eigenvalue weighted by molar-refractivity contribution is 0.358. The van der Waals surface area contributed by atoms with Gasteiger partial charge in [-0.3, -0.25) is 0 Å². The summed E-state index contributed by atoms with van der Waals surface area (Å²) in [5.41, 5.74) is 2.85. The minimum atomic E-state index is 0.886. The van der Waals surface area contributed by atoms with Crippen molar-refractivity contribution in [3.63, 3.8) is 0 Å². The van der Waals surface area contributed by atoms with Crippen LogP contribution in [0.15, 0.2) is 23.1 Å². The zero-order valence-electron chi connectivity index (χ0n) is 10.9. The van der Waals surface area contributed by atoms with Gasteiger partial charge in [-0.25, -0.2) is 0 Å². The molecule has 2 aliphatic rings. The third-order valence-electron chi connectivity index (χ3n) is 3.96. The molecule has 1 aromatic carbocycles. The van der Waals surface area contributed by atoms with Gasteiger partial charge in [-0.2, -0.15) is 0 Å². The molecule has 0 amide bonds. The summed E-state index contributed by atoms with van der Waals surface area (Å²) < 4.78 is 0. The molecular formula is C15H22N2S. The van der Waals surface area contributed by atoms with E-state index in [0.29, 0.717) is 0 Å². The maximum atomic E-state index is 3.51. The average Bonchev–Trinajstić information content (AvgIpc) is 2.46. The van der Waals surface area contributed by atoms with Gasteiger partial charge in [0.05, 0.1) is 0 Å². The molecule has 0 aliphatic carbocycles. The molecule has 0 saturated carbocycles. The van der Waals surface area contributed by atoms with Crippen molar-refractivity contribution in [1.29, 1.82) is 0 Å². The van der Waals surface area contributed by atoms with Gasteiger partial charge in [0.2, 0.25) is 0 Å². The molecule has 0 radical (unpaired) electrons. The third kappa shape index (κ3) is 3.01. The molecule has 1 saturated heterocycles. The molecule has 0 bridgehead atoms. The lowest BCUT2D eigenvalue weighted by Crippen LogP contribution is -2.29. The molecule has 1 unspecified atom stereocenters. The first kappa shape index (κ1) is 12.4. The molecule has 2 aliphatic heterocycles. The first-order valence-corrected chi connectivity index (χ1v) is 8.11. The number of aryl methyl sites for hydroxylation is 1. The van der Waals surface area contributed by atoms with Crippen molar-refractivity contribution in [2.45, 2.75) is 30.6 Å². The van der Waals surface area contributed by atoms with Gasteiger partial charge in [-0.1, -0.05) is 6.07 Å². The summed E-state index contributed by atoms with van der Waals surface area (Å²) in [7, 11) is 0. The number of benzene rings is 1. The van der Waals surface area contributed by atoms with Gasteiger partial charge < -0.3 is 10.6 Å². The smallest absolute Gasteiger partial charge is 0.0481 e. The minimum Gasteiger partial charge on any atom is -0.383 e. The van der Waals surface area contributed by atoms with Crippen LogP contribution >= 0.6 is 11.8 Å². The molecule has 0 spiro atoms. The van der Waals surface area contributed by atoms with Crippen molar-refractivity contribution in [2.24, 2.45) is 5.92 Å². The van der Waals surface area contributed by atoms with E-state index in [1.165, 1.54) is 60.7 Å². The van der Waals surface area contributed by atoms with E-state index < -0.39 is 0 Å². The van der Waals surface area contributed by atoms with Crippen LogP contribution < -0.4 is 10.6 Å². The maximum absolute atomic E-state index is 3.51. The largest absolute Gasteiger partial charge is 0.383 e. The second kappa shape index (κ2) is 5.98. The molecule has 2 nitrogen and oxygen atoms in total. The molecule has 3 rings (SSSR count). The van der Waals surface area contributed by atoms with Gasteiger partial charge in [-0.15, -0.1) is 11.8 Å². The lowest BCUT2D eigenvalue weighted by Gasteiger charge is -2.23. The van der Waals surface area contributed by atoms with Crippen LogP contribution in [-0.2, 0) is 6.42 Å². The van der Waals surface area contributed by atoms with E-state index >= 15 is 0 Å². The predicted molar refractivity (Wildman–Crippen MR) is 79.6 cm³/mol. The first-order valence-electron chi connectivity index (χ1n) is 7.12. The van der Waals surface area contributed by atoms with Crippen LogP contribution in [0.3, 0.4) is 0 Å². The number of hydrogen-bond donors (Lipinski definition) is 2. The fraction of sp³-hybridized carbons (Fsp3) is 0.600. The molecule has 18 heavy (non-hydrogen) atoms. The van der Waals surface area contributed by atoms with E-state index in [1.807, 2.05) is 11.8 Å². The van der Waals surface area contributed by atoms with Crippen LogP contribution in [0.25, 0.3) is 0 Å². The van der Waals surface area contributed by atoms with Crippen LogP contribution in [0.5, 0.6) is 0 Å². The highest BCUT2D eigenvalue weighted by Crippen LogP contribution is 2.32. The highest BCUT2D eigenvalue weighted by molar-refractivity contribution is 7.99. The van der Waals surface area contributed by atoms with E-state index in [9.17, 15) is 0 Å². The van der Waals surface area contributed by atoms with Crippen LogP contribution in [0.4, 0.5) is 5.69 Å². The van der Waals surface area contributed by atoms with Gasteiger partial charge >= 0.3 is 0 Å². The van der Waals surface area contributed by atoms with E-state index in [2.05, 4.69) is 28.8 Å². The molecular weight excluding hydrogens is 240 g/mol. The van der Waals surface area contributed by atoms with Crippen LogP contribution in [0.2, 0.25) is 0 Å². The van der Waals surface area contributed by atoms with Gasteiger partial charge in [-0.05, 0) is 62.4 Å². The number of hydrogen-bond acceptors (Lipinski definition) is 3. The van der Waals surface area contributed by atoms with Gasteiger partial charge in [0.15, 0.2) is 0 Å². The summed E-state index contributed by atoms with van der Waals surface area (Å²) in [6, 6.07) is 6.97. The Kier molecular flexibility index (Phi) is 4.11. The second-order valence-electron chi connectivity index (χ2n) is 5.36. The van der Waals surface area contributed by atoms with E-state index in [4.69, 9.17) is 0 Å². The van der Waals surface area contributed by atoms with Crippen molar-refractivity contribution in [3.8, 4) is 0 Å². The van der Waals surface area contributed by atoms with Crippen molar-refractivity contribution >= 4 is 17.4 Å². The Morgan fingerprint density at radius 2 is 2.28 bits per heavy atom. The molecule has 2 N–H and O–H groups in total. The van der Waals surface area contributed by atoms with Crippen molar-refractivity contribution in [1.82, 2.24) is 5.32 Å². The van der Waals surface area contributed by atoms with Crippen molar-refractivity contribution < 1.29 is 0 Å². The van der Waals surface area contributed by atoms with Crippen molar-refractivity contribution in [2.75, 3.05) is 30.7 Å². The maximum Gasteiger partial charge on any atom is 0.0481 e. The standard InChI is InChI=1S/C15H22N2S/c1-2-13(11-16-7-1)4-3-12-5-6-15-14(10-12)17-8-9-18-15/h5-6,10,13,16-17H,1-4,7-9,11H2. The van der Waals surface area contributed by atoms with Crippen LogP contribution in [0.1, 0.15) is 24.8 Å². The topological polar surface area (TPSA) is 24.1 Å². The normalized spacial score (nSPS) is 23.2. The lowest BCUT2D eigenvalue weighted by atomic mass is 9.92. The molecule has 1 atom stereocenters. The summed E-state index contributed by atoms with van der Waals surface area (Å²) in [5, 5.41) is 7.01. The molecule has 0 aromatic heterocycles. The highest BCUT2D eigenvalue weighted by atomic mass is 32.2. The van der Waals surface area contributed by atoms with Crippen LogP contribution in [0, 0.1) is 5.92 Å². The van der Waals surface area contributed by atoms with E-state index in [0.717, 1.165) is 12.5 Å². The zero-order valence-corrected chi connectivity index (χ0v) is 11.7. The fourth-order valence-electron chi connectivity index (χ4n) is 2.88. The summed E-state index contributed by atoms with van der Waals surface area (Å²) in [6.07, 6.45) is 5.32. The molecule has 1 aromatic rings. The zero-order chi connectivity index (χ0) is 12.2. The third-order valence-corrected chi connectivity index (χ3v) is 5.03. The Labute approximate surface area is 114 Å². The summed E-state index contributed by atoms with van der Waals surface area (Å²) >= 11 is 1.97. The quantitative estimate of drug-likeness (QED) is 0.875. The number of piperidine rings is 1. The summed E-state index contributed by atoms with van der Waals surface area (Å²) in [4.78, 5) is 1.42. The molecule has 98 valence electrons. The van der Waals surface area contributed by atoms with Crippen molar-refractivity contribution in [3.05, 3.63) is 23.8 Å². The molecule has 1 fully saturated rings. The van der Waals surface area contributed by atoms with E-state index in [-0.39, 0.29) is 0 Å². The number of rotatable bonds is 3. The Morgan fingerprint density at radius 1 is 1.28 bits per heavy atom. The van der Waals surface area contributed by atoms with Crippen LogP contribution in [-0.4, -0.2) is 25.4 Å². The number of anilines is 1.